The number of H-pyrrole nitrogens is 1. The lowest BCUT2D eigenvalue weighted by Gasteiger charge is -2.28. The average Bonchev–Trinajstić information content (AvgIpc) is 3.23. The number of anilines is 1. The van der Waals surface area contributed by atoms with E-state index in [2.05, 4.69) is 30.8 Å². The van der Waals surface area contributed by atoms with Crippen molar-refractivity contribution < 1.29 is 0 Å². The summed E-state index contributed by atoms with van der Waals surface area (Å²) in [7, 11) is 0. The van der Waals surface area contributed by atoms with Crippen LogP contribution in [0.3, 0.4) is 0 Å². The Labute approximate surface area is 157 Å². The van der Waals surface area contributed by atoms with Gasteiger partial charge in [-0.25, -0.2) is 4.98 Å². The number of hydrogen-bond acceptors (Lipinski definition) is 6. The van der Waals surface area contributed by atoms with Gasteiger partial charge in [0.1, 0.15) is 0 Å². The van der Waals surface area contributed by atoms with Crippen molar-refractivity contribution in [1.29, 1.82) is 0 Å². The van der Waals surface area contributed by atoms with Gasteiger partial charge >= 0.3 is 0 Å². The van der Waals surface area contributed by atoms with Crippen LogP contribution in [0.1, 0.15) is 29.7 Å². The fourth-order valence-corrected chi connectivity index (χ4v) is 4.12. The lowest BCUT2D eigenvalue weighted by Crippen LogP contribution is -2.36. The topological polar surface area (TPSA) is 78.0 Å². The van der Waals surface area contributed by atoms with E-state index in [-0.39, 0.29) is 5.56 Å². The van der Waals surface area contributed by atoms with Gasteiger partial charge in [0.15, 0.2) is 0 Å². The average molecular weight is 362 g/mol. The first-order chi connectivity index (χ1) is 13.3. The van der Waals surface area contributed by atoms with Crippen LogP contribution in [0.4, 0.5) is 5.95 Å². The van der Waals surface area contributed by atoms with Gasteiger partial charge in [-0.3, -0.25) is 24.6 Å². The summed E-state index contributed by atoms with van der Waals surface area (Å²) in [6, 6.07) is 6.12. The van der Waals surface area contributed by atoms with Gasteiger partial charge in [-0.15, -0.1) is 0 Å². The molecule has 138 valence electrons. The third-order valence-corrected chi connectivity index (χ3v) is 5.52. The Bertz CT molecular complexity index is 1030. The number of aromatic nitrogens is 4. The van der Waals surface area contributed by atoms with E-state index in [1.165, 1.54) is 0 Å². The van der Waals surface area contributed by atoms with Crippen LogP contribution in [0.2, 0.25) is 0 Å². The van der Waals surface area contributed by atoms with E-state index in [1.54, 1.807) is 12.4 Å². The molecule has 0 amide bonds. The fourth-order valence-electron chi connectivity index (χ4n) is 4.12. The predicted molar refractivity (Wildman–Crippen MR) is 104 cm³/mol. The van der Waals surface area contributed by atoms with E-state index in [0.29, 0.717) is 6.54 Å². The van der Waals surface area contributed by atoms with Gasteiger partial charge in [-0.05, 0) is 30.9 Å². The highest BCUT2D eigenvalue weighted by atomic mass is 16.1. The van der Waals surface area contributed by atoms with Crippen molar-refractivity contribution in [2.24, 2.45) is 0 Å². The molecule has 0 atom stereocenters. The monoisotopic (exact) mass is 362 g/mol. The first kappa shape index (κ1) is 16.4. The molecule has 7 heteroatoms. The molecule has 27 heavy (non-hydrogen) atoms. The standard InChI is InChI=1S/C20H22N6O/c27-19-15-6-11-25(12-14-4-3-5-16-18(14)22-8-7-21-16)13-17(15)23-20(24-19)26-9-1-2-10-26/h3-5,7-8H,1-2,6,9-13H2,(H,23,24,27). The lowest BCUT2D eigenvalue weighted by atomic mass is 10.1. The number of benzene rings is 1. The molecule has 0 bridgehead atoms. The Hall–Kier alpha value is -2.80. The summed E-state index contributed by atoms with van der Waals surface area (Å²) >= 11 is 0. The molecule has 1 N–H and O–H groups in total. The van der Waals surface area contributed by atoms with Crippen LogP contribution in [-0.4, -0.2) is 44.5 Å². The zero-order valence-electron chi connectivity index (χ0n) is 15.2. The zero-order valence-corrected chi connectivity index (χ0v) is 15.2. The van der Waals surface area contributed by atoms with Gasteiger partial charge in [-0.1, -0.05) is 12.1 Å². The van der Waals surface area contributed by atoms with E-state index in [0.717, 1.165) is 79.2 Å². The molecule has 5 rings (SSSR count). The van der Waals surface area contributed by atoms with Crippen LogP contribution >= 0.6 is 0 Å². The Morgan fingerprint density at radius 1 is 1.07 bits per heavy atom. The van der Waals surface area contributed by atoms with Gasteiger partial charge in [0.2, 0.25) is 5.95 Å². The zero-order chi connectivity index (χ0) is 18.2. The number of fused-ring (bicyclic) bond motifs is 2. The van der Waals surface area contributed by atoms with E-state index < -0.39 is 0 Å². The van der Waals surface area contributed by atoms with E-state index in [9.17, 15) is 4.79 Å². The highest BCUT2D eigenvalue weighted by Gasteiger charge is 2.24. The molecule has 0 saturated carbocycles. The molecule has 2 aromatic heterocycles. The molecule has 0 unspecified atom stereocenters. The van der Waals surface area contributed by atoms with Crippen LogP contribution < -0.4 is 10.5 Å². The molecular formula is C20H22N6O. The van der Waals surface area contributed by atoms with E-state index in [1.807, 2.05) is 12.1 Å². The Kier molecular flexibility index (Phi) is 4.09. The number of para-hydroxylation sites is 1. The summed E-state index contributed by atoms with van der Waals surface area (Å²) in [6.45, 7) is 4.26. The van der Waals surface area contributed by atoms with Crippen molar-refractivity contribution in [1.82, 2.24) is 24.8 Å². The molecule has 4 heterocycles. The molecule has 0 aliphatic carbocycles. The summed E-state index contributed by atoms with van der Waals surface area (Å²) in [5.74, 6) is 0.731. The van der Waals surface area contributed by atoms with Crippen molar-refractivity contribution >= 4 is 17.0 Å². The maximum absolute atomic E-state index is 12.5. The normalized spacial score (nSPS) is 17.4. The van der Waals surface area contributed by atoms with Crippen LogP contribution in [0, 0.1) is 0 Å². The SMILES string of the molecule is O=c1[nH]c(N2CCCC2)nc2c1CCN(Cc1cccc3nccnc13)C2. The fraction of sp³-hybridized carbons (Fsp3) is 0.400. The highest BCUT2D eigenvalue weighted by molar-refractivity contribution is 5.77. The molecule has 3 aromatic rings. The lowest BCUT2D eigenvalue weighted by molar-refractivity contribution is 0.241. The molecule has 1 fully saturated rings. The second-order valence-electron chi connectivity index (χ2n) is 7.31. The van der Waals surface area contributed by atoms with Crippen molar-refractivity contribution in [3.8, 4) is 0 Å². The smallest absolute Gasteiger partial charge is 0.255 e. The molecule has 2 aliphatic heterocycles. The summed E-state index contributed by atoms with van der Waals surface area (Å²) in [5.41, 5.74) is 4.80. The largest absolute Gasteiger partial charge is 0.342 e. The number of hydrogen-bond donors (Lipinski definition) is 1. The van der Waals surface area contributed by atoms with Crippen molar-refractivity contribution in [2.45, 2.75) is 32.4 Å². The minimum absolute atomic E-state index is 0.0255. The third kappa shape index (κ3) is 3.08. The Balaban J connectivity index is 1.42. The van der Waals surface area contributed by atoms with Crippen LogP contribution in [0.15, 0.2) is 35.4 Å². The van der Waals surface area contributed by atoms with Gasteiger partial charge in [0, 0.05) is 50.7 Å². The molecule has 7 nitrogen and oxygen atoms in total. The number of nitrogens with one attached hydrogen (secondary N) is 1. The third-order valence-electron chi connectivity index (χ3n) is 5.52. The minimum Gasteiger partial charge on any atom is -0.342 e. The van der Waals surface area contributed by atoms with Gasteiger partial charge in [0.25, 0.3) is 5.56 Å². The van der Waals surface area contributed by atoms with Crippen molar-refractivity contribution in [3.63, 3.8) is 0 Å². The van der Waals surface area contributed by atoms with Crippen molar-refractivity contribution in [3.05, 3.63) is 57.8 Å². The van der Waals surface area contributed by atoms with Gasteiger partial charge in [0.05, 0.1) is 16.7 Å². The molecular weight excluding hydrogens is 340 g/mol. The van der Waals surface area contributed by atoms with E-state index in [4.69, 9.17) is 4.98 Å². The van der Waals surface area contributed by atoms with Gasteiger partial charge in [-0.2, -0.15) is 0 Å². The summed E-state index contributed by atoms with van der Waals surface area (Å²) < 4.78 is 0. The van der Waals surface area contributed by atoms with Crippen LogP contribution in [0.25, 0.3) is 11.0 Å². The Morgan fingerprint density at radius 2 is 1.93 bits per heavy atom. The molecule has 0 spiro atoms. The van der Waals surface area contributed by atoms with Crippen molar-refractivity contribution in [2.75, 3.05) is 24.5 Å². The highest BCUT2D eigenvalue weighted by Crippen LogP contribution is 2.22. The maximum atomic E-state index is 12.5. The quantitative estimate of drug-likeness (QED) is 0.766. The second kappa shape index (κ2) is 6.74. The molecule has 1 aromatic carbocycles. The first-order valence-electron chi connectivity index (χ1n) is 9.56. The predicted octanol–water partition coefficient (Wildman–Crippen LogP) is 1.87. The summed E-state index contributed by atoms with van der Waals surface area (Å²) in [5, 5.41) is 0. The van der Waals surface area contributed by atoms with Crippen LogP contribution in [0.5, 0.6) is 0 Å². The molecule has 0 radical (unpaired) electrons. The maximum Gasteiger partial charge on any atom is 0.255 e. The minimum atomic E-state index is 0.0255. The molecule has 1 saturated heterocycles. The number of rotatable bonds is 3. The first-order valence-corrected chi connectivity index (χ1v) is 9.56. The number of aromatic amines is 1. The van der Waals surface area contributed by atoms with E-state index >= 15 is 0 Å². The van der Waals surface area contributed by atoms with Crippen LogP contribution in [-0.2, 0) is 19.5 Å². The summed E-state index contributed by atoms with van der Waals surface area (Å²) in [6.07, 6.45) is 6.51. The summed E-state index contributed by atoms with van der Waals surface area (Å²) in [4.78, 5) is 33.7. The second-order valence-corrected chi connectivity index (χ2v) is 7.31. The number of nitrogens with zero attached hydrogens (tertiary/aromatic N) is 5. The Morgan fingerprint density at radius 3 is 2.81 bits per heavy atom. The molecule has 2 aliphatic rings. The van der Waals surface area contributed by atoms with Gasteiger partial charge < -0.3 is 4.90 Å².